The Balaban J connectivity index is 1.73. The molecule has 1 amide bonds. The first-order valence-corrected chi connectivity index (χ1v) is 11.0. The van der Waals surface area contributed by atoms with Crippen molar-refractivity contribution >= 4 is 29.0 Å². The van der Waals surface area contributed by atoms with Gasteiger partial charge in [0.2, 0.25) is 0 Å². The average Bonchev–Trinajstić information content (AvgIpc) is 2.90. The molecule has 3 aromatic rings. The van der Waals surface area contributed by atoms with Crippen LogP contribution in [0.5, 0.6) is 0 Å². The van der Waals surface area contributed by atoms with Gasteiger partial charge in [0.05, 0.1) is 18.7 Å². The number of carbonyl (C=O) groups is 2. The molecule has 5 heteroatoms. The second-order valence-electron chi connectivity index (χ2n) is 8.77. The van der Waals surface area contributed by atoms with Gasteiger partial charge in [-0.05, 0) is 62.6 Å². The number of aliphatic hydroxyl groups is 1. The van der Waals surface area contributed by atoms with Crippen molar-refractivity contribution in [2.24, 2.45) is 0 Å². The summed E-state index contributed by atoms with van der Waals surface area (Å²) in [5.74, 6) is -0.773. The highest BCUT2D eigenvalue weighted by Gasteiger charge is 2.51. The lowest BCUT2D eigenvalue weighted by molar-refractivity contribution is -0.136. The van der Waals surface area contributed by atoms with E-state index in [1.807, 2.05) is 64.1 Å². The summed E-state index contributed by atoms with van der Waals surface area (Å²) in [5.41, 5.74) is 4.33. The molecule has 0 saturated carbocycles. The summed E-state index contributed by atoms with van der Waals surface area (Å²) in [5, 5.41) is 12.0. The molecular formula is C27H26ClNO3. The number of aryl methyl sites for hydroxylation is 4. The van der Waals surface area contributed by atoms with Crippen molar-refractivity contribution in [3.8, 4) is 0 Å². The fraction of sp³-hybridized carbons (Fsp3) is 0.259. The molecule has 1 atom stereocenters. The van der Waals surface area contributed by atoms with E-state index in [0.29, 0.717) is 28.4 Å². The number of hydrogen-bond acceptors (Lipinski definition) is 3. The van der Waals surface area contributed by atoms with Crippen LogP contribution in [0.4, 0.5) is 5.69 Å². The number of anilines is 1. The summed E-state index contributed by atoms with van der Waals surface area (Å²) < 4.78 is 0. The minimum Gasteiger partial charge on any atom is -0.375 e. The van der Waals surface area contributed by atoms with Gasteiger partial charge < -0.3 is 10.0 Å². The van der Waals surface area contributed by atoms with Crippen LogP contribution in [0.2, 0.25) is 5.02 Å². The number of nitrogens with zero attached hydrogens (tertiary/aromatic N) is 1. The van der Waals surface area contributed by atoms with Crippen molar-refractivity contribution in [3.05, 3.63) is 98.6 Å². The lowest BCUT2D eigenvalue weighted by Gasteiger charge is -2.23. The molecule has 0 radical (unpaired) electrons. The smallest absolute Gasteiger partial charge is 0.264 e. The SMILES string of the molecule is Cc1ccc(CN2C(=O)[C@](O)(CC(=O)c3c(C)cc(C)cc3C)c3cc(Cl)ccc32)cc1. The zero-order chi connectivity index (χ0) is 23.2. The number of Topliss-reactive ketones (excluding diaryl/α,β-unsaturated/α-hetero) is 1. The van der Waals surface area contributed by atoms with Crippen molar-refractivity contribution in [3.63, 3.8) is 0 Å². The molecule has 0 fully saturated rings. The fourth-order valence-corrected chi connectivity index (χ4v) is 4.84. The van der Waals surface area contributed by atoms with E-state index in [-0.39, 0.29) is 12.2 Å². The molecule has 0 aromatic heterocycles. The highest BCUT2D eigenvalue weighted by atomic mass is 35.5. The Morgan fingerprint density at radius 1 is 0.938 bits per heavy atom. The van der Waals surface area contributed by atoms with Gasteiger partial charge in [-0.2, -0.15) is 0 Å². The number of ketones is 1. The van der Waals surface area contributed by atoms with E-state index < -0.39 is 11.5 Å². The van der Waals surface area contributed by atoms with Gasteiger partial charge in [0.25, 0.3) is 5.91 Å². The van der Waals surface area contributed by atoms with E-state index in [1.165, 1.54) is 0 Å². The monoisotopic (exact) mass is 447 g/mol. The normalized spacial score (nSPS) is 17.6. The molecule has 4 nitrogen and oxygen atoms in total. The maximum absolute atomic E-state index is 13.5. The van der Waals surface area contributed by atoms with Crippen molar-refractivity contribution in [1.82, 2.24) is 0 Å². The topological polar surface area (TPSA) is 57.6 Å². The molecule has 1 aliphatic rings. The largest absolute Gasteiger partial charge is 0.375 e. The molecule has 32 heavy (non-hydrogen) atoms. The van der Waals surface area contributed by atoms with E-state index in [0.717, 1.165) is 27.8 Å². The molecule has 0 saturated heterocycles. The molecule has 3 aromatic carbocycles. The Bertz CT molecular complexity index is 1210. The Hall–Kier alpha value is -2.95. The van der Waals surface area contributed by atoms with Crippen LogP contribution in [0.25, 0.3) is 0 Å². The van der Waals surface area contributed by atoms with E-state index in [9.17, 15) is 14.7 Å². The van der Waals surface area contributed by atoms with Crippen LogP contribution in [-0.4, -0.2) is 16.8 Å². The molecular weight excluding hydrogens is 422 g/mol. The highest BCUT2D eigenvalue weighted by Crippen LogP contribution is 2.45. The van der Waals surface area contributed by atoms with Gasteiger partial charge in [-0.25, -0.2) is 0 Å². The molecule has 4 rings (SSSR count). The number of amides is 1. The third-order valence-electron chi connectivity index (χ3n) is 6.13. The standard InChI is InChI=1S/C27H26ClNO3/c1-16-5-7-20(8-6-16)15-29-23-10-9-21(28)13-22(23)27(32,26(29)31)14-24(30)25-18(3)11-17(2)12-19(25)4/h5-13,32H,14-15H2,1-4H3/t27-/m0/s1. The zero-order valence-corrected chi connectivity index (χ0v) is 19.5. The summed E-state index contributed by atoms with van der Waals surface area (Å²) in [4.78, 5) is 28.4. The molecule has 164 valence electrons. The Kier molecular flexibility index (Phi) is 5.70. The first-order chi connectivity index (χ1) is 15.1. The number of halogens is 1. The number of rotatable bonds is 5. The van der Waals surface area contributed by atoms with Crippen LogP contribution in [0.3, 0.4) is 0 Å². The molecule has 0 aliphatic carbocycles. The minimum absolute atomic E-state index is 0.265. The van der Waals surface area contributed by atoms with Crippen LogP contribution in [-0.2, 0) is 16.9 Å². The van der Waals surface area contributed by atoms with Crippen LogP contribution in [0, 0.1) is 27.7 Å². The van der Waals surface area contributed by atoms with Gasteiger partial charge in [-0.1, -0.05) is 59.1 Å². The summed E-state index contributed by atoms with van der Waals surface area (Å²) in [6, 6.07) is 16.8. The van der Waals surface area contributed by atoms with Gasteiger partial charge in [0.1, 0.15) is 0 Å². The summed E-state index contributed by atoms with van der Waals surface area (Å²) >= 11 is 6.22. The number of hydrogen-bond donors (Lipinski definition) is 1. The maximum atomic E-state index is 13.5. The van der Waals surface area contributed by atoms with Crippen molar-refractivity contribution in [2.75, 3.05) is 4.90 Å². The van der Waals surface area contributed by atoms with Crippen LogP contribution in [0.15, 0.2) is 54.6 Å². The van der Waals surface area contributed by atoms with Crippen LogP contribution >= 0.6 is 11.6 Å². The van der Waals surface area contributed by atoms with Gasteiger partial charge in [0.15, 0.2) is 11.4 Å². The van der Waals surface area contributed by atoms with E-state index in [4.69, 9.17) is 11.6 Å². The lowest BCUT2D eigenvalue weighted by atomic mass is 9.85. The van der Waals surface area contributed by atoms with E-state index in [2.05, 4.69) is 0 Å². The average molecular weight is 448 g/mol. The maximum Gasteiger partial charge on any atom is 0.264 e. The Labute approximate surface area is 193 Å². The van der Waals surface area contributed by atoms with E-state index in [1.54, 1.807) is 23.1 Å². The first-order valence-electron chi connectivity index (χ1n) is 10.6. The van der Waals surface area contributed by atoms with Gasteiger partial charge in [0, 0.05) is 16.1 Å². The van der Waals surface area contributed by atoms with Crippen molar-refractivity contribution in [2.45, 2.75) is 46.3 Å². The molecule has 1 N–H and O–H groups in total. The predicted octanol–water partition coefficient (Wildman–Crippen LogP) is 5.58. The fourth-order valence-electron chi connectivity index (χ4n) is 4.67. The minimum atomic E-state index is -1.97. The molecule has 0 bridgehead atoms. The number of carbonyl (C=O) groups excluding carboxylic acids is 2. The Morgan fingerprint density at radius 3 is 2.19 bits per heavy atom. The molecule has 0 spiro atoms. The third kappa shape index (κ3) is 3.85. The lowest BCUT2D eigenvalue weighted by Crippen LogP contribution is -2.41. The quantitative estimate of drug-likeness (QED) is 0.519. The molecule has 0 unspecified atom stereocenters. The van der Waals surface area contributed by atoms with Gasteiger partial charge in [-0.15, -0.1) is 0 Å². The molecule has 1 heterocycles. The number of benzene rings is 3. The second kappa shape index (κ2) is 8.19. The summed E-state index contributed by atoms with van der Waals surface area (Å²) in [7, 11) is 0. The van der Waals surface area contributed by atoms with Crippen LogP contribution < -0.4 is 4.90 Å². The summed E-state index contributed by atoms with van der Waals surface area (Å²) in [6.07, 6.45) is -0.339. The molecule has 1 aliphatic heterocycles. The third-order valence-corrected chi connectivity index (χ3v) is 6.36. The first kappa shape index (κ1) is 22.3. The predicted molar refractivity (Wildman–Crippen MR) is 127 cm³/mol. The van der Waals surface area contributed by atoms with Gasteiger partial charge >= 0.3 is 0 Å². The van der Waals surface area contributed by atoms with Crippen molar-refractivity contribution in [1.29, 1.82) is 0 Å². The highest BCUT2D eigenvalue weighted by molar-refractivity contribution is 6.31. The van der Waals surface area contributed by atoms with Crippen molar-refractivity contribution < 1.29 is 14.7 Å². The van der Waals surface area contributed by atoms with E-state index >= 15 is 0 Å². The van der Waals surface area contributed by atoms with Crippen LogP contribution in [0.1, 0.15) is 50.2 Å². The summed E-state index contributed by atoms with van der Waals surface area (Å²) in [6.45, 7) is 8.03. The number of fused-ring (bicyclic) bond motifs is 1. The second-order valence-corrected chi connectivity index (χ2v) is 9.21. The Morgan fingerprint density at radius 2 is 1.56 bits per heavy atom. The van der Waals surface area contributed by atoms with Gasteiger partial charge in [-0.3, -0.25) is 9.59 Å². The zero-order valence-electron chi connectivity index (χ0n) is 18.7.